The van der Waals surface area contributed by atoms with E-state index in [-0.39, 0.29) is 23.9 Å². The zero-order chi connectivity index (χ0) is 19.8. The summed E-state index contributed by atoms with van der Waals surface area (Å²) in [6.45, 7) is 1.34. The van der Waals surface area contributed by atoms with E-state index >= 15 is 0 Å². The molecule has 2 aromatic rings. The van der Waals surface area contributed by atoms with Gasteiger partial charge in [-0.2, -0.15) is 0 Å². The predicted molar refractivity (Wildman–Crippen MR) is 97.6 cm³/mol. The Kier molecular flexibility index (Phi) is 4.38. The first-order valence-corrected chi connectivity index (χ1v) is 8.76. The van der Waals surface area contributed by atoms with Gasteiger partial charge in [0.15, 0.2) is 0 Å². The van der Waals surface area contributed by atoms with Crippen LogP contribution in [-0.4, -0.2) is 86.9 Å². The SMILES string of the molecule is CN1CC(=O)N2CCN(c3nccc(-c4cc(C(=O)O)ccn4)n3)C[C@H]2C1=O. The number of hydrogen-bond donors (Lipinski definition) is 1. The second kappa shape index (κ2) is 6.87. The monoisotopic (exact) mass is 382 g/mol. The second-order valence-electron chi connectivity index (χ2n) is 6.72. The quantitative estimate of drug-likeness (QED) is 0.770. The number of hydrogen-bond acceptors (Lipinski definition) is 7. The number of anilines is 1. The lowest BCUT2D eigenvalue weighted by Gasteiger charge is -2.45. The van der Waals surface area contributed by atoms with E-state index in [1.165, 1.54) is 23.2 Å². The molecule has 0 bridgehead atoms. The van der Waals surface area contributed by atoms with Crippen molar-refractivity contribution < 1.29 is 19.5 Å². The Bertz CT molecular complexity index is 965. The molecular weight excluding hydrogens is 364 g/mol. The van der Waals surface area contributed by atoms with Crippen LogP contribution in [0.15, 0.2) is 30.6 Å². The van der Waals surface area contributed by atoms with Crippen LogP contribution in [0.25, 0.3) is 11.4 Å². The number of nitrogens with zero attached hydrogens (tertiary/aromatic N) is 6. The van der Waals surface area contributed by atoms with Crippen LogP contribution in [0.5, 0.6) is 0 Å². The van der Waals surface area contributed by atoms with E-state index < -0.39 is 12.0 Å². The number of rotatable bonds is 3. The third-order valence-electron chi connectivity index (χ3n) is 4.93. The normalized spacial score (nSPS) is 19.6. The first-order chi connectivity index (χ1) is 13.4. The zero-order valence-corrected chi connectivity index (χ0v) is 15.1. The molecule has 1 N–H and O–H groups in total. The highest BCUT2D eigenvalue weighted by molar-refractivity contribution is 5.95. The third kappa shape index (κ3) is 3.13. The molecule has 10 heteroatoms. The highest BCUT2D eigenvalue weighted by Crippen LogP contribution is 2.22. The van der Waals surface area contributed by atoms with E-state index in [1.807, 2.05) is 4.90 Å². The van der Waals surface area contributed by atoms with Crippen molar-refractivity contribution >= 4 is 23.7 Å². The lowest BCUT2D eigenvalue weighted by Crippen LogP contribution is -2.66. The number of carboxylic acids is 1. The van der Waals surface area contributed by atoms with Crippen molar-refractivity contribution in [3.05, 3.63) is 36.2 Å². The van der Waals surface area contributed by atoms with Gasteiger partial charge in [-0.1, -0.05) is 0 Å². The Hall–Kier alpha value is -3.56. The van der Waals surface area contributed by atoms with E-state index in [9.17, 15) is 14.4 Å². The summed E-state index contributed by atoms with van der Waals surface area (Å²) in [7, 11) is 1.62. The summed E-state index contributed by atoms with van der Waals surface area (Å²) in [4.78, 5) is 53.7. The van der Waals surface area contributed by atoms with Gasteiger partial charge >= 0.3 is 5.97 Å². The predicted octanol–water partition coefficient (Wildman–Crippen LogP) is -0.274. The van der Waals surface area contributed by atoms with E-state index in [0.29, 0.717) is 37.0 Å². The van der Waals surface area contributed by atoms with E-state index in [2.05, 4.69) is 15.0 Å². The number of pyridine rings is 1. The number of likely N-dealkylation sites (N-methyl/N-ethyl adjacent to an activating group) is 1. The highest BCUT2D eigenvalue weighted by Gasteiger charge is 2.41. The van der Waals surface area contributed by atoms with Crippen LogP contribution in [-0.2, 0) is 9.59 Å². The first kappa shape index (κ1) is 17.8. The summed E-state index contributed by atoms with van der Waals surface area (Å²) in [5.74, 6) is -0.792. The number of carbonyl (C=O) groups excluding carboxylic acids is 2. The lowest BCUT2D eigenvalue weighted by atomic mass is 10.1. The van der Waals surface area contributed by atoms with Crippen molar-refractivity contribution in [1.29, 1.82) is 0 Å². The number of carbonyl (C=O) groups is 3. The average molecular weight is 382 g/mol. The van der Waals surface area contributed by atoms with Gasteiger partial charge in [-0.25, -0.2) is 14.8 Å². The molecule has 0 unspecified atom stereocenters. The maximum Gasteiger partial charge on any atom is 0.335 e. The lowest BCUT2D eigenvalue weighted by molar-refractivity contribution is -0.154. The smallest absolute Gasteiger partial charge is 0.335 e. The third-order valence-corrected chi connectivity index (χ3v) is 4.93. The van der Waals surface area contributed by atoms with Crippen molar-refractivity contribution in [2.75, 3.05) is 38.1 Å². The van der Waals surface area contributed by atoms with Crippen molar-refractivity contribution in [3.8, 4) is 11.4 Å². The van der Waals surface area contributed by atoms with Gasteiger partial charge in [0.2, 0.25) is 17.8 Å². The molecule has 2 saturated heterocycles. The minimum atomic E-state index is -1.04. The fraction of sp³-hybridized carbons (Fsp3) is 0.333. The largest absolute Gasteiger partial charge is 0.478 e. The molecule has 1 atom stereocenters. The number of aromatic nitrogens is 3. The molecule has 144 valence electrons. The standard InChI is InChI=1S/C18H18N6O4/c1-22-10-15(25)24-7-6-23(9-14(24)16(22)26)18-20-5-3-12(21-18)13-8-11(17(27)28)2-4-19-13/h2-5,8,14H,6-7,9-10H2,1H3,(H,27,28)/t14-/m0/s1. The molecule has 28 heavy (non-hydrogen) atoms. The minimum absolute atomic E-state index is 0.0592. The van der Waals surface area contributed by atoms with Crippen LogP contribution in [0.4, 0.5) is 5.95 Å². The minimum Gasteiger partial charge on any atom is -0.478 e. The molecule has 4 rings (SSSR count). The average Bonchev–Trinajstić information content (AvgIpc) is 2.72. The van der Waals surface area contributed by atoms with Crippen LogP contribution in [0.2, 0.25) is 0 Å². The van der Waals surface area contributed by atoms with Crippen molar-refractivity contribution in [1.82, 2.24) is 24.8 Å². The molecule has 4 heterocycles. The van der Waals surface area contributed by atoms with Crippen LogP contribution in [0.3, 0.4) is 0 Å². The zero-order valence-electron chi connectivity index (χ0n) is 15.1. The molecule has 0 aliphatic carbocycles. The number of fused-ring (bicyclic) bond motifs is 1. The molecule has 0 saturated carbocycles. The topological polar surface area (TPSA) is 120 Å². The van der Waals surface area contributed by atoms with Crippen molar-refractivity contribution in [3.63, 3.8) is 0 Å². The molecular formula is C18H18N6O4. The first-order valence-electron chi connectivity index (χ1n) is 8.76. The fourth-order valence-electron chi connectivity index (χ4n) is 3.45. The van der Waals surface area contributed by atoms with Gasteiger partial charge in [-0.05, 0) is 18.2 Å². The fourth-order valence-corrected chi connectivity index (χ4v) is 3.45. The molecule has 2 aliphatic heterocycles. The highest BCUT2D eigenvalue weighted by atomic mass is 16.4. The molecule has 2 aromatic heterocycles. The van der Waals surface area contributed by atoms with Gasteiger partial charge in [0.05, 0.1) is 30.0 Å². The molecule has 2 amide bonds. The Morgan fingerprint density at radius 3 is 2.71 bits per heavy atom. The van der Waals surface area contributed by atoms with Crippen molar-refractivity contribution in [2.24, 2.45) is 0 Å². The molecule has 10 nitrogen and oxygen atoms in total. The Morgan fingerprint density at radius 2 is 1.93 bits per heavy atom. The van der Waals surface area contributed by atoms with Gasteiger partial charge in [0.1, 0.15) is 6.04 Å². The number of carboxylic acid groups (broad SMARTS) is 1. The number of aromatic carboxylic acids is 1. The summed E-state index contributed by atoms with van der Waals surface area (Å²) in [5, 5.41) is 9.16. The Balaban J connectivity index is 1.60. The molecule has 0 spiro atoms. The van der Waals surface area contributed by atoms with Gasteiger partial charge in [-0.15, -0.1) is 0 Å². The van der Waals surface area contributed by atoms with E-state index in [0.717, 1.165) is 0 Å². The van der Waals surface area contributed by atoms with E-state index in [1.54, 1.807) is 24.2 Å². The molecule has 2 aliphatic rings. The maximum absolute atomic E-state index is 12.5. The summed E-state index contributed by atoms with van der Waals surface area (Å²) in [6.07, 6.45) is 2.99. The van der Waals surface area contributed by atoms with Crippen LogP contribution in [0, 0.1) is 0 Å². The summed E-state index contributed by atoms with van der Waals surface area (Å²) in [6, 6.07) is 3.96. The van der Waals surface area contributed by atoms with Gasteiger partial charge in [0.25, 0.3) is 0 Å². The molecule has 0 aromatic carbocycles. The molecule has 0 radical (unpaired) electrons. The van der Waals surface area contributed by atoms with Crippen LogP contribution < -0.4 is 4.90 Å². The summed E-state index contributed by atoms with van der Waals surface area (Å²) in [5.41, 5.74) is 1.03. The Morgan fingerprint density at radius 1 is 1.14 bits per heavy atom. The van der Waals surface area contributed by atoms with Crippen LogP contribution in [0.1, 0.15) is 10.4 Å². The maximum atomic E-state index is 12.5. The van der Waals surface area contributed by atoms with Crippen LogP contribution >= 0.6 is 0 Å². The van der Waals surface area contributed by atoms with Gasteiger partial charge in [-0.3, -0.25) is 14.6 Å². The summed E-state index contributed by atoms with van der Waals surface area (Å²) >= 11 is 0. The second-order valence-corrected chi connectivity index (χ2v) is 6.72. The van der Waals surface area contributed by atoms with E-state index in [4.69, 9.17) is 5.11 Å². The van der Waals surface area contributed by atoms with Gasteiger partial charge in [0, 0.05) is 32.5 Å². The number of amides is 2. The van der Waals surface area contributed by atoms with Gasteiger partial charge < -0.3 is 19.8 Å². The summed E-state index contributed by atoms with van der Waals surface area (Å²) < 4.78 is 0. The Labute approximate surface area is 160 Å². The molecule has 2 fully saturated rings. The van der Waals surface area contributed by atoms with Crippen molar-refractivity contribution in [2.45, 2.75) is 6.04 Å². The number of piperazine rings is 2.